The van der Waals surface area contributed by atoms with Crippen LogP contribution in [-0.2, 0) is 4.79 Å². The van der Waals surface area contributed by atoms with Gasteiger partial charge in [0.15, 0.2) is 0 Å². The first-order valence-electron chi connectivity index (χ1n) is 4.56. The maximum absolute atomic E-state index is 13.2. The highest BCUT2D eigenvalue weighted by molar-refractivity contribution is 9.10. The maximum Gasteiger partial charge on any atom is 0.329 e. The second-order valence-electron chi connectivity index (χ2n) is 3.49. The number of hydrogen-bond donors (Lipinski definition) is 1. The van der Waals surface area contributed by atoms with Gasteiger partial charge in [0, 0.05) is 0 Å². The molecular weight excluding hydrogens is 279 g/mol. The topological polar surface area (TPSA) is 49.4 Å². The van der Waals surface area contributed by atoms with Gasteiger partial charge in [0.2, 0.25) is 5.91 Å². The number of amides is 3. The van der Waals surface area contributed by atoms with Crippen LogP contribution in [0.5, 0.6) is 0 Å². The van der Waals surface area contributed by atoms with E-state index < -0.39 is 11.8 Å². The fourth-order valence-corrected chi connectivity index (χ4v) is 1.89. The molecule has 0 aromatic heterocycles. The molecule has 0 atom stereocenters. The molecule has 1 aliphatic heterocycles. The SMILES string of the molecule is Cc1cc(F)c(Br)cc1N1CC(=O)NC1=O. The fraction of sp³-hybridized carbons (Fsp3) is 0.200. The molecule has 0 bridgehead atoms. The van der Waals surface area contributed by atoms with Crippen molar-refractivity contribution in [1.82, 2.24) is 5.32 Å². The fourth-order valence-electron chi connectivity index (χ4n) is 1.56. The number of anilines is 1. The van der Waals surface area contributed by atoms with Gasteiger partial charge < -0.3 is 0 Å². The van der Waals surface area contributed by atoms with Crippen LogP contribution in [0.4, 0.5) is 14.9 Å². The third-order valence-electron chi connectivity index (χ3n) is 2.32. The van der Waals surface area contributed by atoms with Crippen LogP contribution in [0, 0.1) is 12.7 Å². The Kier molecular flexibility index (Phi) is 2.67. The van der Waals surface area contributed by atoms with Crippen molar-refractivity contribution in [1.29, 1.82) is 0 Å². The van der Waals surface area contributed by atoms with Gasteiger partial charge >= 0.3 is 6.03 Å². The van der Waals surface area contributed by atoms with Gasteiger partial charge in [0.25, 0.3) is 0 Å². The average Bonchev–Trinajstić information content (AvgIpc) is 2.51. The molecule has 1 aliphatic rings. The lowest BCUT2D eigenvalue weighted by atomic mass is 10.2. The predicted molar refractivity (Wildman–Crippen MR) is 59.7 cm³/mol. The summed E-state index contributed by atoms with van der Waals surface area (Å²) in [5.74, 6) is -0.753. The third kappa shape index (κ3) is 1.80. The van der Waals surface area contributed by atoms with E-state index in [1.807, 2.05) is 0 Å². The number of nitrogens with one attached hydrogen (secondary N) is 1. The minimum atomic E-state index is -0.480. The molecule has 6 heteroatoms. The van der Waals surface area contributed by atoms with Crippen LogP contribution in [-0.4, -0.2) is 18.5 Å². The average molecular weight is 287 g/mol. The molecular formula is C10H8BrFN2O2. The molecule has 0 aliphatic carbocycles. The lowest BCUT2D eigenvalue weighted by Gasteiger charge is -2.16. The molecule has 2 rings (SSSR count). The third-order valence-corrected chi connectivity index (χ3v) is 2.93. The minimum Gasteiger partial charge on any atom is -0.284 e. The number of halogens is 2. The first-order chi connectivity index (χ1) is 7.49. The molecule has 16 heavy (non-hydrogen) atoms. The lowest BCUT2D eigenvalue weighted by molar-refractivity contribution is -0.117. The van der Waals surface area contributed by atoms with Crippen molar-refractivity contribution in [2.45, 2.75) is 6.92 Å². The Labute approximate surface area is 99.6 Å². The van der Waals surface area contributed by atoms with E-state index in [9.17, 15) is 14.0 Å². The summed E-state index contributed by atoms with van der Waals surface area (Å²) in [5, 5.41) is 2.17. The Morgan fingerprint density at radius 1 is 1.44 bits per heavy atom. The molecule has 0 radical (unpaired) electrons. The van der Waals surface area contributed by atoms with Crippen molar-refractivity contribution in [2.24, 2.45) is 0 Å². The Hall–Kier alpha value is -1.43. The van der Waals surface area contributed by atoms with Crippen LogP contribution in [0.3, 0.4) is 0 Å². The zero-order chi connectivity index (χ0) is 11.9. The number of benzene rings is 1. The van der Waals surface area contributed by atoms with Gasteiger partial charge in [-0.2, -0.15) is 0 Å². The first-order valence-corrected chi connectivity index (χ1v) is 5.35. The first kappa shape index (κ1) is 11.1. The highest BCUT2D eigenvalue weighted by Crippen LogP contribution is 2.28. The zero-order valence-corrected chi connectivity index (χ0v) is 9.97. The van der Waals surface area contributed by atoms with Crippen LogP contribution < -0.4 is 10.2 Å². The van der Waals surface area contributed by atoms with Gasteiger partial charge in [-0.25, -0.2) is 9.18 Å². The number of imide groups is 1. The molecule has 1 heterocycles. The number of carbonyl (C=O) groups excluding carboxylic acids is 2. The molecule has 3 amide bonds. The molecule has 1 aromatic carbocycles. The number of urea groups is 1. The predicted octanol–water partition coefficient (Wildman–Crippen LogP) is 1.95. The normalized spacial score (nSPS) is 15.6. The number of hydrogen-bond acceptors (Lipinski definition) is 2. The second kappa shape index (κ2) is 3.86. The van der Waals surface area contributed by atoms with E-state index in [0.29, 0.717) is 11.3 Å². The number of nitrogens with zero attached hydrogens (tertiary/aromatic N) is 1. The molecule has 1 N–H and O–H groups in total. The summed E-state index contributed by atoms with van der Waals surface area (Å²) < 4.78 is 13.5. The van der Waals surface area contributed by atoms with E-state index >= 15 is 0 Å². The lowest BCUT2D eigenvalue weighted by Crippen LogP contribution is -2.28. The number of aryl methyl sites for hydroxylation is 1. The van der Waals surface area contributed by atoms with Gasteiger partial charge in [0.1, 0.15) is 12.4 Å². The summed E-state index contributed by atoms with van der Waals surface area (Å²) in [6.07, 6.45) is 0. The maximum atomic E-state index is 13.2. The standard InChI is InChI=1S/C10H8BrFN2O2/c1-5-2-7(12)6(11)3-8(5)14-4-9(15)13-10(14)16/h2-3H,4H2,1H3,(H,13,15,16). The monoisotopic (exact) mass is 286 g/mol. The number of carbonyl (C=O) groups is 2. The van der Waals surface area contributed by atoms with Gasteiger partial charge in [-0.05, 0) is 40.5 Å². The quantitative estimate of drug-likeness (QED) is 0.803. The van der Waals surface area contributed by atoms with E-state index in [4.69, 9.17) is 0 Å². The van der Waals surface area contributed by atoms with Crippen LogP contribution in [0.1, 0.15) is 5.56 Å². The zero-order valence-electron chi connectivity index (χ0n) is 8.38. The molecule has 4 nitrogen and oxygen atoms in total. The summed E-state index contributed by atoms with van der Waals surface area (Å²) in [6, 6.07) is 2.32. The van der Waals surface area contributed by atoms with E-state index in [2.05, 4.69) is 21.2 Å². The highest BCUT2D eigenvalue weighted by Gasteiger charge is 2.29. The van der Waals surface area contributed by atoms with Gasteiger partial charge in [-0.1, -0.05) is 0 Å². The Morgan fingerprint density at radius 2 is 2.12 bits per heavy atom. The van der Waals surface area contributed by atoms with Gasteiger partial charge in [0.05, 0.1) is 10.2 Å². The van der Waals surface area contributed by atoms with Crippen molar-refractivity contribution in [2.75, 3.05) is 11.4 Å². The van der Waals surface area contributed by atoms with Crippen LogP contribution in [0.25, 0.3) is 0 Å². The second-order valence-corrected chi connectivity index (χ2v) is 4.35. The van der Waals surface area contributed by atoms with E-state index in [0.717, 1.165) is 0 Å². The largest absolute Gasteiger partial charge is 0.329 e. The van der Waals surface area contributed by atoms with Gasteiger partial charge in [-0.15, -0.1) is 0 Å². The van der Waals surface area contributed by atoms with Crippen molar-refractivity contribution >= 4 is 33.6 Å². The Bertz CT molecular complexity index is 490. The molecule has 0 spiro atoms. The van der Waals surface area contributed by atoms with Crippen molar-refractivity contribution in [3.63, 3.8) is 0 Å². The molecule has 1 saturated heterocycles. The van der Waals surface area contributed by atoms with E-state index in [-0.39, 0.29) is 16.9 Å². The summed E-state index contributed by atoms with van der Waals surface area (Å²) in [7, 11) is 0. The minimum absolute atomic E-state index is 0.0300. The molecule has 84 valence electrons. The Morgan fingerprint density at radius 3 is 2.69 bits per heavy atom. The smallest absolute Gasteiger partial charge is 0.284 e. The summed E-state index contributed by atoms with van der Waals surface area (Å²) in [4.78, 5) is 23.7. The summed E-state index contributed by atoms with van der Waals surface area (Å²) in [5.41, 5.74) is 1.13. The summed E-state index contributed by atoms with van der Waals surface area (Å²) >= 11 is 3.04. The van der Waals surface area contributed by atoms with Gasteiger partial charge in [-0.3, -0.25) is 15.0 Å². The van der Waals surface area contributed by atoms with Crippen LogP contribution >= 0.6 is 15.9 Å². The number of rotatable bonds is 1. The highest BCUT2D eigenvalue weighted by atomic mass is 79.9. The molecule has 0 saturated carbocycles. The summed E-state index contributed by atoms with van der Waals surface area (Å²) in [6.45, 7) is 1.65. The van der Waals surface area contributed by atoms with Crippen LogP contribution in [0.15, 0.2) is 16.6 Å². The Balaban J connectivity index is 2.45. The van der Waals surface area contributed by atoms with E-state index in [1.165, 1.54) is 17.0 Å². The van der Waals surface area contributed by atoms with Crippen molar-refractivity contribution < 1.29 is 14.0 Å². The molecule has 1 aromatic rings. The van der Waals surface area contributed by atoms with Crippen molar-refractivity contribution in [3.05, 3.63) is 28.0 Å². The van der Waals surface area contributed by atoms with Crippen molar-refractivity contribution in [3.8, 4) is 0 Å². The van der Waals surface area contributed by atoms with E-state index in [1.54, 1.807) is 6.92 Å². The molecule has 1 fully saturated rings. The molecule has 0 unspecified atom stereocenters. The van der Waals surface area contributed by atoms with Crippen LogP contribution in [0.2, 0.25) is 0 Å².